The van der Waals surface area contributed by atoms with E-state index in [1.54, 1.807) is 4.90 Å². The minimum atomic E-state index is -4.95. The van der Waals surface area contributed by atoms with Gasteiger partial charge in [-0.25, -0.2) is 4.68 Å². The Morgan fingerprint density at radius 2 is 1.57 bits per heavy atom. The lowest BCUT2D eigenvalue weighted by atomic mass is 10.0. The molecule has 0 radical (unpaired) electrons. The third-order valence-corrected chi connectivity index (χ3v) is 4.14. The Balaban J connectivity index is 2.02. The molecule has 0 amide bonds. The van der Waals surface area contributed by atoms with E-state index >= 15 is 0 Å². The highest BCUT2D eigenvalue weighted by atomic mass is 19.4. The minimum Gasteiger partial charge on any atom is -0.378 e. The third kappa shape index (κ3) is 4.26. The minimum absolute atomic E-state index is 0.0510. The molecule has 1 aliphatic heterocycles. The van der Waals surface area contributed by atoms with Crippen LogP contribution in [0.1, 0.15) is 27.2 Å². The van der Waals surface area contributed by atoms with Gasteiger partial charge in [0.1, 0.15) is 0 Å². The Morgan fingerprint density at radius 3 is 2.07 bits per heavy atom. The Bertz CT molecular complexity index is 824. The Hall–Kier alpha value is -2.63. The molecule has 0 aliphatic carbocycles. The summed E-state index contributed by atoms with van der Waals surface area (Å²) in [7, 11) is 0. The van der Waals surface area contributed by atoms with Crippen LogP contribution in [0.3, 0.4) is 0 Å². The van der Waals surface area contributed by atoms with E-state index in [4.69, 9.17) is 4.74 Å². The molecule has 0 saturated carbocycles. The number of ether oxygens (including phenoxy) is 1. The molecule has 0 atom stereocenters. The van der Waals surface area contributed by atoms with E-state index in [-0.39, 0.29) is 23.1 Å². The van der Waals surface area contributed by atoms with E-state index in [1.165, 1.54) is 0 Å². The first-order chi connectivity index (χ1) is 13.1. The molecule has 2 aromatic rings. The van der Waals surface area contributed by atoms with Gasteiger partial charge in [-0.2, -0.15) is 26.3 Å². The molecule has 152 valence electrons. The van der Waals surface area contributed by atoms with Crippen molar-refractivity contribution in [2.24, 2.45) is 0 Å². The lowest BCUT2D eigenvalue weighted by molar-refractivity contribution is -0.143. The average Bonchev–Trinajstić information content (AvgIpc) is 3.03. The lowest BCUT2D eigenvalue weighted by Crippen LogP contribution is -2.38. The average molecular weight is 408 g/mol. The largest absolute Gasteiger partial charge is 0.416 e. The summed E-state index contributed by atoms with van der Waals surface area (Å²) in [5.41, 5.74) is -3.15. The molecule has 6 nitrogen and oxygen atoms in total. The van der Waals surface area contributed by atoms with Crippen LogP contribution >= 0.6 is 0 Å². The SMILES string of the molecule is O=Cc1nnn(Cc2cc(C(F)(F)F)cc(C(F)(F)F)c2)c1N1CCOCC1. The number of hydrogen-bond acceptors (Lipinski definition) is 5. The molecule has 2 heterocycles. The predicted molar refractivity (Wildman–Crippen MR) is 84.0 cm³/mol. The highest BCUT2D eigenvalue weighted by Crippen LogP contribution is 2.36. The number of carbonyl (C=O) groups excluding carboxylic acids is 1. The zero-order valence-electron chi connectivity index (χ0n) is 14.2. The zero-order valence-corrected chi connectivity index (χ0v) is 14.2. The number of morpholine rings is 1. The first kappa shape index (κ1) is 20.1. The van der Waals surface area contributed by atoms with Gasteiger partial charge in [0, 0.05) is 13.1 Å². The van der Waals surface area contributed by atoms with Gasteiger partial charge in [-0.1, -0.05) is 5.21 Å². The molecule has 0 spiro atoms. The fraction of sp³-hybridized carbons (Fsp3) is 0.438. The van der Waals surface area contributed by atoms with Crippen molar-refractivity contribution in [2.75, 3.05) is 31.2 Å². The molecule has 3 rings (SSSR count). The van der Waals surface area contributed by atoms with Crippen molar-refractivity contribution in [1.82, 2.24) is 15.0 Å². The second-order valence-electron chi connectivity index (χ2n) is 6.09. The summed E-state index contributed by atoms with van der Waals surface area (Å²) >= 11 is 0. The molecule has 1 aromatic heterocycles. The number of nitrogens with zero attached hydrogens (tertiary/aromatic N) is 4. The van der Waals surface area contributed by atoms with Crippen molar-refractivity contribution in [3.8, 4) is 0 Å². The van der Waals surface area contributed by atoms with Crippen LogP contribution in [0.25, 0.3) is 0 Å². The maximum absolute atomic E-state index is 13.0. The Kier molecular flexibility index (Phi) is 5.33. The number of aldehydes is 1. The topological polar surface area (TPSA) is 60.2 Å². The summed E-state index contributed by atoms with van der Waals surface area (Å²) < 4.78 is 84.5. The highest BCUT2D eigenvalue weighted by Gasteiger charge is 2.37. The molecule has 1 aromatic carbocycles. The number of aromatic nitrogens is 3. The molecule has 1 saturated heterocycles. The smallest absolute Gasteiger partial charge is 0.378 e. The van der Waals surface area contributed by atoms with Gasteiger partial charge in [-0.05, 0) is 23.8 Å². The highest BCUT2D eigenvalue weighted by molar-refractivity contribution is 5.80. The van der Waals surface area contributed by atoms with Crippen LogP contribution < -0.4 is 4.90 Å². The Labute approximate surface area is 154 Å². The van der Waals surface area contributed by atoms with Gasteiger partial charge in [0.2, 0.25) is 0 Å². The molecule has 0 unspecified atom stereocenters. The van der Waals surface area contributed by atoms with E-state index in [2.05, 4.69) is 10.3 Å². The zero-order chi connectivity index (χ0) is 20.5. The van der Waals surface area contributed by atoms with Crippen LogP contribution in [0.5, 0.6) is 0 Å². The van der Waals surface area contributed by atoms with Gasteiger partial charge in [0.15, 0.2) is 17.8 Å². The lowest BCUT2D eigenvalue weighted by Gasteiger charge is -2.29. The number of benzene rings is 1. The van der Waals surface area contributed by atoms with E-state index in [0.29, 0.717) is 44.7 Å². The molecule has 0 bridgehead atoms. The first-order valence-corrected chi connectivity index (χ1v) is 8.09. The van der Waals surface area contributed by atoms with Gasteiger partial charge in [-0.3, -0.25) is 4.79 Å². The van der Waals surface area contributed by atoms with Gasteiger partial charge in [-0.15, -0.1) is 5.10 Å². The molecular weight excluding hydrogens is 394 g/mol. The van der Waals surface area contributed by atoms with Crippen LogP contribution in [0.2, 0.25) is 0 Å². The summed E-state index contributed by atoms with van der Waals surface area (Å²) in [4.78, 5) is 12.9. The number of halogens is 6. The predicted octanol–water partition coefficient (Wildman–Crippen LogP) is 3.01. The van der Waals surface area contributed by atoms with E-state index in [0.717, 1.165) is 4.68 Å². The fourth-order valence-corrected chi connectivity index (χ4v) is 2.89. The van der Waals surface area contributed by atoms with Crippen molar-refractivity contribution in [2.45, 2.75) is 18.9 Å². The van der Waals surface area contributed by atoms with E-state index in [9.17, 15) is 31.1 Å². The molecule has 28 heavy (non-hydrogen) atoms. The maximum atomic E-state index is 13.0. The molecular formula is C16H14F6N4O2. The van der Waals surface area contributed by atoms with Gasteiger partial charge < -0.3 is 9.64 Å². The van der Waals surface area contributed by atoms with Gasteiger partial charge in [0.25, 0.3) is 0 Å². The number of rotatable bonds is 4. The summed E-state index contributed by atoms with van der Waals surface area (Å²) in [6, 6.07) is 1.31. The third-order valence-electron chi connectivity index (χ3n) is 4.14. The molecule has 1 aliphatic rings. The number of hydrogen-bond donors (Lipinski definition) is 0. The number of alkyl halides is 6. The summed E-state index contributed by atoms with van der Waals surface area (Å²) in [6.07, 6.45) is -9.46. The second kappa shape index (κ2) is 7.41. The van der Waals surface area contributed by atoms with Crippen molar-refractivity contribution < 1.29 is 35.9 Å². The summed E-state index contributed by atoms with van der Waals surface area (Å²) in [5.74, 6) is 0.226. The summed E-state index contributed by atoms with van der Waals surface area (Å²) in [6.45, 7) is 1.05. The van der Waals surface area contributed by atoms with Crippen LogP contribution in [0.4, 0.5) is 32.2 Å². The first-order valence-electron chi connectivity index (χ1n) is 8.09. The second-order valence-corrected chi connectivity index (χ2v) is 6.09. The van der Waals surface area contributed by atoms with E-state index in [1.807, 2.05) is 0 Å². The van der Waals surface area contributed by atoms with Crippen molar-refractivity contribution in [3.05, 3.63) is 40.6 Å². The quantitative estimate of drug-likeness (QED) is 0.575. The van der Waals surface area contributed by atoms with Crippen LogP contribution in [0, 0.1) is 0 Å². The summed E-state index contributed by atoms with van der Waals surface area (Å²) in [5, 5.41) is 7.40. The van der Waals surface area contributed by atoms with Crippen LogP contribution in [-0.4, -0.2) is 47.6 Å². The van der Waals surface area contributed by atoms with Crippen molar-refractivity contribution >= 4 is 12.1 Å². The van der Waals surface area contributed by atoms with Crippen LogP contribution in [0.15, 0.2) is 18.2 Å². The number of anilines is 1. The molecule has 1 fully saturated rings. The maximum Gasteiger partial charge on any atom is 0.416 e. The van der Waals surface area contributed by atoms with E-state index < -0.39 is 30.0 Å². The Morgan fingerprint density at radius 1 is 1.00 bits per heavy atom. The normalized spacial score (nSPS) is 15.7. The fourth-order valence-electron chi connectivity index (χ4n) is 2.89. The van der Waals surface area contributed by atoms with Crippen molar-refractivity contribution in [3.63, 3.8) is 0 Å². The molecule has 12 heteroatoms. The van der Waals surface area contributed by atoms with Crippen molar-refractivity contribution in [1.29, 1.82) is 0 Å². The number of carbonyl (C=O) groups is 1. The molecule has 0 N–H and O–H groups in total. The van der Waals surface area contributed by atoms with Crippen LogP contribution in [-0.2, 0) is 23.6 Å². The van der Waals surface area contributed by atoms with Gasteiger partial charge in [0.05, 0.1) is 30.9 Å². The van der Waals surface area contributed by atoms with Gasteiger partial charge >= 0.3 is 12.4 Å². The monoisotopic (exact) mass is 408 g/mol. The standard InChI is InChI=1S/C16H14F6N4O2/c17-15(18,19)11-5-10(6-12(7-11)16(20,21)22)8-26-14(13(9-27)23-24-26)25-1-3-28-4-2-25/h5-7,9H,1-4,8H2.